The fourth-order valence-electron chi connectivity index (χ4n) is 1.40. The van der Waals surface area contributed by atoms with Gasteiger partial charge in [0.1, 0.15) is 11.5 Å². The fourth-order valence-corrected chi connectivity index (χ4v) is 1.58. The number of hydrogen-bond donors (Lipinski definition) is 3. The maximum atomic E-state index is 12.9. The molecule has 1 aromatic rings. The molecule has 3 N–H and O–H groups in total. The van der Waals surface area contributed by atoms with Gasteiger partial charge in [0, 0.05) is 5.69 Å². The van der Waals surface area contributed by atoms with Crippen molar-refractivity contribution >= 4 is 41.0 Å². The van der Waals surface area contributed by atoms with Crippen LogP contribution in [0.25, 0.3) is 0 Å². The molecule has 7 nitrogen and oxygen atoms in total. The van der Waals surface area contributed by atoms with Gasteiger partial charge in [0.25, 0.3) is 5.91 Å². The molecule has 20 heavy (non-hydrogen) atoms. The van der Waals surface area contributed by atoms with Crippen LogP contribution in [0.4, 0.5) is 19.7 Å². The topological polar surface area (TPSA) is 99.7 Å². The Hall–Kier alpha value is -2.48. The lowest BCUT2D eigenvalue weighted by atomic mass is 10.3. The third-order valence-electron chi connectivity index (χ3n) is 2.31. The van der Waals surface area contributed by atoms with Crippen molar-refractivity contribution in [2.45, 2.75) is 0 Å². The average Bonchev–Trinajstić information content (AvgIpc) is 2.37. The normalized spacial score (nSPS) is 16.6. The summed E-state index contributed by atoms with van der Waals surface area (Å²) in [5, 5.41) is 6.40. The van der Waals surface area contributed by atoms with Gasteiger partial charge in [-0.25, -0.2) is 14.0 Å². The number of nitrogens with one attached hydrogen (secondary N) is 3. The Labute approximate surface area is 117 Å². The van der Waals surface area contributed by atoms with Crippen molar-refractivity contribution in [3.63, 3.8) is 0 Å². The van der Waals surface area contributed by atoms with Crippen LogP contribution in [0.2, 0.25) is 5.02 Å². The number of nitrogens with zero attached hydrogens (tertiary/aromatic N) is 1. The highest BCUT2D eigenvalue weighted by atomic mass is 35.5. The lowest BCUT2D eigenvalue weighted by Crippen LogP contribution is -2.53. The molecular formula is C11H8ClFN4O3. The molecule has 1 heterocycles. The number of amides is 5. The number of halogens is 2. The van der Waals surface area contributed by atoms with Crippen LogP contribution in [0.1, 0.15) is 0 Å². The zero-order valence-electron chi connectivity index (χ0n) is 9.87. The van der Waals surface area contributed by atoms with Gasteiger partial charge in [0.05, 0.1) is 11.6 Å². The van der Waals surface area contributed by atoms with Crippen molar-refractivity contribution in [1.29, 1.82) is 0 Å². The molecule has 0 aromatic heterocycles. The van der Waals surface area contributed by atoms with Crippen LogP contribution in [0, 0.1) is 5.82 Å². The molecule has 0 atom stereocenters. The Bertz CT molecular complexity index is 632. The first-order valence-electron chi connectivity index (χ1n) is 5.38. The summed E-state index contributed by atoms with van der Waals surface area (Å²) < 4.78 is 12.9. The Kier molecular flexibility index (Phi) is 3.94. The zero-order valence-corrected chi connectivity index (χ0v) is 10.6. The van der Waals surface area contributed by atoms with Crippen LogP contribution in [0.15, 0.2) is 23.2 Å². The van der Waals surface area contributed by atoms with Crippen molar-refractivity contribution < 1.29 is 18.8 Å². The van der Waals surface area contributed by atoms with E-state index in [-0.39, 0.29) is 23.0 Å². The van der Waals surface area contributed by atoms with Gasteiger partial charge in [-0.05, 0) is 18.2 Å². The minimum atomic E-state index is -0.839. The standard InChI is InChI=1S/C11H8ClFN4O3/c12-6-3-5(1-2-7(6)13)15-11(20)16-8-4-14-10(19)17-9(8)18/h1-3H,4H2,(H,15,20)(H2,14,17,18,19). The van der Waals surface area contributed by atoms with E-state index in [4.69, 9.17) is 11.6 Å². The van der Waals surface area contributed by atoms with E-state index in [0.717, 1.165) is 6.07 Å². The second kappa shape index (κ2) is 5.66. The maximum absolute atomic E-state index is 12.9. The van der Waals surface area contributed by atoms with E-state index in [0.29, 0.717) is 0 Å². The number of carbonyl (C=O) groups is 3. The second-order valence-electron chi connectivity index (χ2n) is 3.75. The summed E-state index contributed by atoms with van der Waals surface area (Å²) in [6.45, 7) is -0.151. The third kappa shape index (κ3) is 3.29. The number of urea groups is 2. The first-order valence-corrected chi connectivity index (χ1v) is 5.76. The SMILES string of the molecule is O=C(N=C1CNC(=O)NC1=O)Nc1ccc(F)c(Cl)c1. The number of anilines is 1. The summed E-state index contributed by atoms with van der Waals surface area (Å²) in [5.74, 6) is -1.37. The molecule has 0 radical (unpaired) electrons. The van der Waals surface area contributed by atoms with Gasteiger partial charge in [-0.1, -0.05) is 11.6 Å². The molecule has 2 rings (SSSR count). The summed E-state index contributed by atoms with van der Waals surface area (Å²) in [7, 11) is 0. The van der Waals surface area contributed by atoms with E-state index >= 15 is 0 Å². The summed E-state index contributed by atoms with van der Waals surface area (Å²) in [4.78, 5) is 37.2. The molecule has 1 aliphatic rings. The van der Waals surface area contributed by atoms with Crippen molar-refractivity contribution in [2.24, 2.45) is 4.99 Å². The quantitative estimate of drug-likeness (QED) is 0.728. The summed E-state index contributed by atoms with van der Waals surface area (Å²) in [5.41, 5.74) is 0.0845. The second-order valence-corrected chi connectivity index (χ2v) is 4.16. The number of benzene rings is 1. The third-order valence-corrected chi connectivity index (χ3v) is 2.60. The predicted molar refractivity (Wildman–Crippen MR) is 69.4 cm³/mol. The zero-order chi connectivity index (χ0) is 14.7. The largest absolute Gasteiger partial charge is 0.345 e. The summed E-state index contributed by atoms with van der Waals surface area (Å²) in [6.07, 6.45) is 0. The van der Waals surface area contributed by atoms with E-state index in [1.165, 1.54) is 12.1 Å². The van der Waals surface area contributed by atoms with Crippen LogP contribution in [-0.2, 0) is 4.79 Å². The number of aliphatic imine (C=N–C) groups is 1. The smallest absolute Gasteiger partial charge is 0.332 e. The van der Waals surface area contributed by atoms with Gasteiger partial charge in [-0.2, -0.15) is 4.99 Å². The Morgan fingerprint density at radius 1 is 1.40 bits per heavy atom. The van der Waals surface area contributed by atoms with Crippen LogP contribution in [0.5, 0.6) is 0 Å². The lowest BCUT2D eigenvalue weighted by molar-refractivity contribution is -0.114. The molecule has 1 aliphatic heterocycles. The van der Waals surface area contributed by atoms with Crippen molar-refractivity contribution in [2.75, 3.05) is 11.9 Å². The van der Waals surface area contributed by atoms with Crippen LogP contribution >= 0.6 is 11.6 Å². The van der Waals surface area contributed by atoms with Gasteiger partial charge >= 0.3 is 12.1 Å². The van der Waals surface area contributed by atoms with E-state index in [1.807, 2.05) is 5.32 Å². The molecule has 0 bridgehead atoms. The molecule has 1 saturated heterocycles. The Morgan fingerprint density at radius 2 is 2.15 bits per heavy atom. The lowest BCUT2D eigenvalue weighted by Gasteiger charge is -2.14. The van der Waals surface area contributed by atoms with Crippen molar-refractivity contribution in [3.8, 4) is 0 Å². The first-order chi connectivity index (χ1) is 9.45. The minimum Gasteiger partial charge on any atom is -0.332 e. The van der Waals surface area contributed by atoms with E-state index in [1.54, 1.807) is 0 Å². The highest BCUT2D eigenvalue weighted by molar-refractivity contribution is 6.45. The fraction of sp³-hybridized carbons (Fsp3) is 0.0909. The Balaban J connectivity index is 2.06. The van der Waals surface area contributed by atoms with Crippen LogP contribution in [-0.4, -0.2) is 30.2 Å². The minimum absolute atomic E-state index is 0.143. The highest BCUT2D eigenvalue weighted by Crippen LogP contribution is 2.19. The predicted octanol–water partition coefficient (Wildman–Crippen LogP) is 1.29. The van der Waals surface area contributed by atoms with Crippen molar-refractivity contribution in [3.05, 3.63) is 29.0 Å². The number of hydrogen-bond acceptors (Lipinski definition) is 3. The van der Waals surface area contributed by atoms with Crippen molar-refractivity contribution in [1.82, 2.24) is 10.6 Å². The molecule has 9 heteroatoms. The Morgan fingerprint density at radius 3 is 2.80 bits per heavy atom. The monoisotopic (exact) mass is 298 g/mol. The summed E-state index contributed by atoms with van der Waals surface area (Å²) in [6, 6.07) is 2.09. The molecule has 0 saturated carbocycles. The molecule has 0 aliphatic carbocycles. The highest BCUT2D eigenvalue weighted by Gasteiger charge is 2.22. The number of carbonyl (C=O) groups excluding carboxylic acids is 3. The molecule has 0 unspecified atom stereocenters. The van der Waals surface area contributed by atoms with E-state index < -0.39 is 23.8 Å². The molecule has 0 spiro atoms. The van der Waals surface area contributed by atoms with E-state index in [2.05, 4.69) is 15.6 Å². The van der Waals surface area contributed by atoms with E-state index in [9.17, 15) is 18.8 Å². The van der Waals surface area contributed by atoms with Crippen LogP contribution in [0.3, 0.4) is 0 Å². The van der Waals surface area contributed by atoms with Gasteiger partial charge in [0.2, 0.25) is 0 Å². The molecule has 5 amide bonds. The van der Waals surface area contributed by atoms with Gasteiger partial charge in [-0.3, -0.25) is 10.1 Å². The number of rotatable bonds is 1. The van der Waals surface area contributed by atoms with Gasteiger partial charge in [-0.15, -0.1) is 0 Å². The number of imide groups is 1. The van der Waals surface area contributed by atoms with Gasteiger partial charge in [0.15, 0.2) is 0 Å². The molecular weight excluding hydrogens is 291 g/mol. The molecule has 104 valence electrons. The molecule has 1 fully saturated rings. The summed E-state index contributed by atoms with van der Waals surface area (Å²) >= 11 is 5.55. The molecule has 1 aromatic carbocycles. The maximum Gasteiger partial charge on any atom is 0.345 e. The average molecular weight is 299 g/mol. The van der Waals surface area contributed by atoms with Crippen LogP contribution < -0.4 is 16.0 Å². The van der Waals surface area contributed by atoms with Gasteiger partial charge < -0.3 is 10.6 Å². The first kappa shape index (κ1) is 13.9.